The molecule has 0 bridgehead atoms. The fraction of sp³-hybridized carbons (Fsp3) is 0.650. The van der Waals surface area contributed by atoms with E-state index >= 15 is 0 Å². The normalized spacial score (nSPS) is 23.8. The molecule has 1 unspecified atom stereocenters. The Kier molecular flexibility index (Phi) is 5.45. The number of aromatic nitrogens is 1. The first-order chi connectivity index (χ1) is 12.7. The number of ether oxygens (including phenoxy) is 1. The topological polar surface area (TPSA) is 41.7 Å². The molecule has 4 heterocycles. The van der Waals surface area contributed by atoms with E-state index in [1.54, 1.807) is 11.3 Å². The third kappa shape index (κ3) is 3.88. The van der Waals surface area contributed by atoms with E-state index in [9.17, 15) is 0 Å². The third-order valence-electron chi connectivity index (χ3n) is 6.15. The van der Waals surface area contributed by atoms with Crippen LogP contribution in [0.3, 0.4) is 0 Å². The summed E-state index contributed by atoms with van der Waals surface area (Å²) in [5, 5.41) is 8.61. The molecular weight excluding hydrogens is 346 g/mol. The molecule has 0 saturated carbocycles. The molecule has 4 rings (SSSR count). The Hall–Kier alpha value is -1.21. The van der Waals surface area contributed by atoms with Gasteiger partial charge in [-0.3, -0.25) is 9.80 Å². The molecule has 0 radical (unpaired) electrons. The molecule has 0 aliphatic carbocycles. The largest absolute Gasteiger partial charge is 0.384 e. The van der Waals surface area contributed by atoms with Crippen molar-refractivity contribution in [3.05, 3.63) is 39.9 Å². The molecular formula is C20H29N3O2S. The molecule has 1 atom stereocenters. The van der Waals surface area contributed by atoms with Gasteiger partial charge in [0.15, 0.2) is 0 Å². The summed E-state index contributed by atoms with van der Waals surface area (Å²) in [6.07, 6.45) is 2.50. The van der Waals surface area contributed by atoms with E-state index < -0.39 is 0 Å². The molecule has 2 aliphatic heterocycles. The summed E-state index contributed by atoms with van der Waals surface area (Å²) in [5.41, 5.74) is 2.90. The Balaban J connectivity index is 1.38. The van der Waals surface area contributed by atoms with Crippen LogP contribution in [0.4, 0.5) is 0 Å². The number of nitrogens with zero attached hydrogens (tertiary/aromatic N) is 3. The van der Waals surface area contributed by atoms with E-state index in [1.165, 1.54) is 24.9 Å². The van der Waals surface area contributed by atoms with E-state index in [1.807, 2.05) is 14.0 Å². The van der Waals surface area contributed by atoms with Gasteiger partial charge in [-0.05, 0) is 60.7 Å². The highest BCUT2D eigenvalue weighted by molar-refractivity contribution is 7.07. The maximum absolute atomic E-state index is 5.60. The van der Waals surface area contributed by atoms with Gasteiger partial charge in [-0.1, -0.05) is 5.16 Å². The second-order valence-corrected chi connectivity index (χ2v) is 8.80. The van der Waals surface area contributed by atoms with Crippen molar-refractivity contribution in [2.75, 3.05) is 39.9 Å². The number of hydrogen-bond donors (Lipinski definition) is 0. The number of likely N-dealkylation sites (tertiary alicyclic amines) is 2. The quantitative estimate of drug-likeness (QED) is 0.774. The van der Waals surface area contributed by atoms with Gasteiger partial charge < -0.3 is 9.26 Å². The number of methoxy groups -OCH3 is 1. The molecule has 2 aromatic rings. The summed E-state index contributed by atoms with van der Waals surface area (Å²) in [5.74, 6) is 1.54. The van der Waals surface area contributed by atoms with Crippen LogP contribution in [0.1, 0.15) is 29.9 Å². The number of thiophene rings is 1. The van der Waals surface area contributed by atoms with Gasteiger partial charge in [-0.25, -0.2) is 0 Å². The SMILES string of the molecule is COCC1CN(Cc2ccsc2)CC12CCN(Cc1cc(C)on1)CC2. The summed E-state index contributed by atoms with van der Waals surface area (Å²) < 4.78 is 10.8. The molecule has 0 N–H and O–H groups in total. The first kappa shape index (κ1) is 18.2. The summed E-state index contributed by atoms with van der Waals surface area (Å²) in [6, 6.07) is 4.31. The molecule has 2 saturated heterocycles. The van der Waals surface area contributed by atoms with Crippen molar-refractivity contribution in [1.82, 2.24) is 15.0 Å². The van der Waals surface area contributed by atoms with Crippen molar-refractivity contribution in [3.8, 4) is 0 Å². The minimum atomic E-state index is 0.405. The van der Waals surface area contributed by atoms with Crippen molar-refractivity contribution in [3.63, 3.8) is 0 Å². The lowest BCUT2D eigenvalue weighted by atomic mass is 9.71. The number of hydrogen-bond acceptors (Lipinski definition) is 6. The van der Waals surface area contributed by atoms with Gasteiger partial charge in [0.05, 0.1) is 12.3 Å². The van der Waals surface area contributed by atoms with Crippen LogP contribution in [0.15, 0.2) is 27.4 Å². The molecule has 26 heavy (non-hydrogen) atoms. The zero-order valence-electron chi connectivity index (χ0n) is 15.8. The van der Waals surface area contributed by atoms with Gasteiger partial charge in [0.25, 0.3) is 0 Å². The predicted octanol–water partition coefficient (Wildman–Crippen LogP) is 3.41. The highest BCUT2D eigenvalue weighted by Crippen LogP contribution is 2.45. The first-order valence-electron chi connectivity index (χ1n) is 9.54. The Labute approximate surface area is 159 Å². The number of aryl methyl sites for hydroxylation is 1. The zero-order valence-corrected chi connectivity index (χ0v) is 16.6. The molecule has 1 spiro atoms. The van der Waals surface area contributed by atoms with Gasteiger partial charge in [0.2, 0.25) is 0 Å². The van der Waals surface area contributed by atoms with Gasteiger partial charge in [0, 0.05) is 45.3 Å². The van der Waals surface area contributed by atoms with Crippen LogP contribution in [0.5, 0.6) is 0 Å². The van der Waals surface area contributed by atoms with Gasteiger partial charge in [-0.15, -0.1) is 0 Å². The number of piperidine rings is 1. The molecule has 6 heteroatoms. The molecule has 0 aromatic carbocycles. The van der Waals surface area contributed by atoms with Crippen LogP contribution in [-0.4, -0.2) is 54.9 Å². The van der Waals surface area contributed by atoms with Crippen molar-refractivity contribution in [1.29, 1.82) is 0 Å². The zero-order chi connectivity index (χ0) is 18.0. The van der Waals surface area contributed by atoms with Gasteiger partial charge in [0.1, 0.15) is 5.76 Å². The Morgan fingerprint density at radius 1 is 1.31 bits per heavy atom. The smallest absolute Gasteiger partial charge is 0.133 e. The monoisotopic (exact) mass is 375 g/mol. The lowest BCUT2D eigenvalue weighted by Gasteiger charge is -2.42. The summed E-state index contributed by atoms with van der Waals surface area (Å²) in [7, 11) is 1.84. The molecule has 142 valence electrons. The predicted molar refractivity (Wildman–Crippen MR) is 103 cm³/mol. The molecule has 2 aliphatic rings. The standard InChI is InChI=1S/C20H29N3O2S/c1-16-9-19(21-25-16)12-22-6-4-20(5-7-22)15-23(11-18(20)13-24-2)10-17-3-8-26-14-17/h3,8-9,14,18H,4-7,10-13,15H2,1-2H3. The van der Waals surface area contributed by atoms with Crippen LogP contribution in [0, 0.1) is 18.3 Å². The molecule has 2 fully saturated rings. The van der Waals surface area contributed by atoms with Gasteiger partial charge in [-0.2, -0.15) is 11.3 Å². The van der Waals surface area contributed by atoms with Crippen molar-refractivity contribution in [2.45, 2.75) is 32.9 Å². The fourth-order valence-electron chi connectivity index (χ4n) is 4.78. The minimum absolute atomic E-state index is 0.405. The Morgan fingerprint density at radius 3 is 2.81 bits per heavy atom. The lowest BCUT2D eigenvalue weighted by Crippen LogP contribution is -2.44. The van der Waals surface area contributed by atoms with Crippen LogP contribution in [0.25, 0.3) is 0 Å². The van der Waals surface area contributed by atoms with Crippen LogP contribution in [-0.2, 0) is 17.8 Å². The summed E-state index contributed by atoms with van der Waals surface area (Å²) in [6.45, 7) is 9.45. The lowest BCUT2D eigenvalue weighted by molar-refractivity contribution is 0.0344. The van der Waals surface area contributed by atoms with Crippen molar-refractivity contribution >= 4 is 11.3 Å². The van der Waals surface area contributed by atoms with Crippen molar-refractivity contribution in [2.24, 2.45) is 11.3 Å². The van der Waals surface area contributed by atoms with E-state index in [2.05, 4.69) is 37.8 Å². The van der Waals surface area contributed by atoms with Crippen LogP contribution in [0.2, 0.25) is 0 Å². The van der Waals surface area contributed by atoms with Gasteiger partial charge >= 0.3 is 0 Å². The van der Waals surface area contributed by atoms with Crippen molar-refractivity contribution < 1.29 is 9.26 Å². The maximum Gasteiger partial charge on any atom is 0.133 e. The minimum Gasteiger partial charge on any atom is -0.384 e. The average Bonchev–Trinajstić information content (AvgIpc) is 3.34. The number of rotatable bonds is 6. The van der Waals surface area contributed by atoms with Crippen LogP contribution < -0.4 is 0 Å². The summed E-state index contributed by atoms with van der Waals surface area (Å²) >= 11 is 1.79. The molecule has 2 aromatic heterocycles. The maximum atomic E-state index is 5.60. The third-order valence-corrected chi connectivity index (χ3v) is 6.88. The average molecular weight is 376 g/mol. The van der Waals surface area contributed by atoms with E-state index in [4.69, 9.17) is 9.26 Å². The van der Waals surface area contributed by atoms with Crippen LogP contribution >= 0.6 is 11.3 Å². The summed E-state index contributed by atoms with van der Waals surface area (Å²) in [4.78, 5) is 5.16. The van der Waals surface area contributed by atoms with E-state index in [0.717, 1.165) is 50.8 Å². The first-order valence-corrected chi connectivity index (χ1v) is 10.5. The van der Waals surface area contributed by atoms with E-state index in [-0.39, 0.29) is 0 Å². The molecule has 5 nitrogen and oxygen atoms in total. The Morgan fingerprint density at radius 2 is 2.15 bits per heavy atom. The second-order valence-electron chi connectivity index (χ2n) is 8.02. The van der Waals surface area contributed by atoms with E-state index in [0.29, 0.717) is 11.3 Å². The highest BCUT2D eigenvalue weighted by atomic mass is 32.1. The second kappa shape index (κ2) is 7.80. The Bertz CT molecular complexity index is 692. The fourth-order valence-corrected chi connectivity index (χ4v) is 5.44. The molecule has 0 amide bonds. The highest BCUT2D eigenvalue weighted by Gasteiger charge is 2.47.